The van der Waals surface area contributed by atoms with Crippen molar-refractivity contribution < 1.29 is 57.5 Å². The lowest BCUT2D eigenvalue weighted by atomic mass is 9.33. The number of hydrogen-bond acceptors (Lipinski definition) is 12. The third kappa shape index (κ3) is 3.46. The maximum Gasteiger partial charge on any atom is 0.307 e. The van der Waals surface area contributed by atoms with E-state index in [1.807, 2.05) is 19.9 Å². The van der Waals surface area contributed by atoms with Crippen molar-refractivity contribution in [3.63, 3.8) is 0 Å². The van der Waals surface area contributed by atoms with Gasteiger partial charge in [0.25, 0.3) is 0 Å². The van der Waals surface area contributed by atoms with E-state index in [1.54, 1.807) is 26.4 Å². The zero-order valence-corrected chi connectivity index (χ0v) is 26.4. The van der Waals surface area contributed by atoms with Crippen LogP contribution in [0.2, 0.25) is 0 Å². The Morgan fingerprint density at radius 3 is 2.31 bits per heavy atom. The molecule has 1 spiro atoms. The molecule has 6 aliphatic rings. The molecule has 4 aliphatic carbocycles. The molecule has 3 heterocycles. The number of fused-ring (bicyclic) bond motifs is 1. The number of ketones is 1. The van der Waals surface area contributed by atoms with Gasteiger partial charge >= 0.3 is 17.9 Å². The van der Waals surface area contributed by atoms with Crippen LogP contribution >= 0.6 is 0 Å². The van der Waals surface area contributed by atoms with E-state index in [9.17, 15) is 24.6 Å². The van der Waals surface area contributed by atoms with Crippen molar-refractivity contribution in [1.82, 2.24) is 0 Å². The Morgan fingerprint density at radius 1 is 0.978 bits per heavy atom. The summed E-state index contributed by atoms with van der Waals surface area (Å²) in [6, 6.07) is 1.84. The summed E-state index contributed by atoms with van der Waals surface area (Å²) in [5.41, 5.74) is -5.10. The minimum absolute atomic E-state index is 0.0451. The first-order valence-electron chi connectivity index (χ1n) is 15.9. The van der Waals surface area contributed by atoms with E-state index in [0.717, 1.165) is 5.56 Å². The lowest BCUT2D eigenvalue weighted by Crippen LogP contribution is -2.82. The third-order valence-corrected chi connectivity index (χ3v) is 13.1. The maximum absolute atomic E-state index is 15.2. The number of carbonyl (C=O) groups is 4. The largest absolute Gasteiger partial charge is 0.472 e. The van der Waals surface area contributed by atoms with Crippen LogP contribution in [0.5, 0.6) is 0 Å². The van der Waals surface area contributed by atoms with Gasteiger partial charge < -0.3 is 38.3 Å². The third-order valence-electron chi connectivity index (χ3n) is 13.1. The summed E-state index contributed by atoms with van der Waals surface area (Å²) >= 11 is 0. The number of esters is 3. The monoisotopic (exact) mass is 630 g/mol. The van der Waals surface area contributed by atoms with Crippen molar-refractivity contribution >= 4 is 23.7 Å². The normalized spacial score (nSPS) is 50.8. The topological polar surface area (TPSA) is 171 Å². The summed E-state index contributed by atoms with van der Waals surface area (Å²) < 4.78 is 35.9. The zero-order valence-electron chi connectivity index (χ0n) is 26.4. The average Bonchev–Trinajstić information content (AvgIpc) is 3.33. The predicted molar refractivity (Wildman–Crippen MR) is 151 cm³/mol. The van der Waals surface area contributed by atoms with Gasteiger partial charge in [0.1, 0.15) is 11.7 Å². The van der Waals surface area contributed by atoms with Gasteiger partial charge in [-0.1, -0.05) is 20.8 Å². The van der Waals surface area contributed by atoms with E-state index in [2.05, 4.69) is 0 Å². The van der Waals surface area contributed by atoms with E-state index < -0.39 is 93.5 Å². The number of hydrogen-bond donors (Lipinski definition) is 2. The highest BCUT2D eigenvalue weighted by molar-refractivity contribution is 5.93. The Hall–Kier alpha value is -2.80. The van der Waals surface area contributed by atoms with Crippen LogP contribution in [0.1, 0.15) is 78.7 Å². The van der Waals surface area contributed by atoms with Crippen LogP contribution < -0.4 is 0 Å². The molecular weight excluding hydrogens is 588 g/mol. The van der Waals surface area contributed by atoms with Crippen LogP contribution in [0.3, 0.4) is 0 Å². The number of carbonyl (C=O) groups excluding carboxylic acids is 4. The van der Waals surface area contributed by atoms with Crippen LogP contribution in [0.25, 0.3) is 0 Å². The van der Waals surface area contributed by atoms with Gasteiger partial charge in [0.15, 0.2) is 11.9 Å². The molecule has 7 rings (SSSR count). The van der Waals surface area contributed by atoms with Gasteiger partial charge in [-0.05, 0) is 37.3 Å². The number of aliphatic hydroxyl groups is 2. The summed E-state index contributed by atoms with van der Waals surface area (Å²) in [5, 5.41) is 24.6. The van der Waals surface area contributed by atoms with E-state index >= 15 is 4.79 Å². The Kier molecular flexibility index (Phi) is 6.59. The standard InChI is InChI=1S/C33H42O12/c1-7-24(38)44-28-29(4)19-11-20(36)31(6)26(32(19,14-41-28)21(37)12-22(29)42-15(2)34)25(39)27(43-16(3)35)30(5)18(17-8-9-40-13-17)10-23-33(30,31)45-23/h8-9,13,18-23,26-28,36-37H,7,10-12,14H2,1-6H3/t18-,19-,20+,21-,22+,23+,26-,27-,28+,29+,30+,31+,32+,33+/m0/s1. The van der Waals surface area contributed by atoms with Gasteiger partial charge in [0.05, 0.1) is 48.3 Å². The Labute approximate surface area is 261 Å². The number of rotatable bonds is 5. The van der Waals surface area contributed by atoms with Crippen LogP contribution in [-0.4, -0.2) is 82.9 Å². The molecule has 1 aromatic rings. The number of Topliss-reactive ketones (excluding diaryl/α,β-unsaturated/α-hetero) is 1. The van der Waals surface area contributed by atoms with Crippen LogP contribution in [0, 0.1) is 33.5 Å². The quantitative estimate of drug-likeness (QED) is 0.277. The van der Waals surface area contributed by atoms with Crippen molar-refractivity contribution in [2.45, 2.75) is 116 Å². The Bertz CT molecular complexity index is 1440. The molecule has 0 amide bonds. The summed E-state index contributed by atoms with van der Waals surface area (Å²) in [7, 11) is 0. The van der Waals surface area contributed by atoms with Crippen LogP contribution in [0.4, 0.5) is 0 Å². The molecule has 14 atom stereocenters. The molecule has 12 heteroatoms. The van der Waals surface area contributed by atoms with Gasteiger partial charge in [-0.25, -0.2) is 0 Å². The fraction of sp³-hybridized carbons (Fsp3) is 0.758. The maximum atomic E-state index is 15.2. The van der Waals surface area contributed by atoms with Crippen molar-refractivity contribution in [1.29, 1.82) is 0 Å². The summed E-state index contributed by atoms with van der Waals surface area (Å²) in [6.45, 7) is 9.53. The van der Waals surface area contributed by atoms with Crippen LogP contribution in [0.15, 0.2) is 23.0 Å². The molecule has 2 N–H and O–H groups in total. The van der Waals surface area contributed by atoms with Gasteiger partial charge in [0, 0.05) is 49.4 Å². The number of ether oxygens (including phenoxy) is 5. The molecular formula is C33H42O12. The average molecular weight is 631 g/mol. The lowest BCUT2D eigenvalue weighted by Gasteiger charge is -2.73. The summed E-state index contributed by atoms with van der Waals surface area (Å²) in [6.07, 6.45) is -2.23. The Morgan fingerprint density at radius 2 is 1.69 bits per heavy atom. The highest BCUT2D eigenvalue weighted by atomic mass is 16.7. The molecule has 0 unspecified atom stereocenters. The highest BCUT2D eigenvalue weighted by Crippen LogP contribution is 2.83. The van der Waals surface area contributed by atoms with Crippen molar-refractivity contribution in [3.8, 4) is 0 Å². The van der Waals surface area contributed by atoms with Gasteiger partial charge in [-0.15, -0.1) is 0 Å². The first-order chi connectivity index (χ1) is 21.1. The van der Waals surface area contributed by atoms with Gasteiger partial charge in [0.2, 0.25) is 6.29 Å². The lowest BCUT2D eigenvalue weighted by molar-refractivity contribution is -0.374. The molecule has 12 nitrogen and oxygen atoms in total. The van der Waals surface area contributed by atoms with E-state index in [1.165, 1.54) is 13.8 Å². The summed E-state index contributed by atoms with van der Waals surface area (Å²) in [5.74, 6) is -4.22. The predicted octanol–water partition coefficient (Wildman–Crippen LogP) is 2.43. The van der Waals surface area contributed by atoms with Gasteiger partial charge in [-0.3, -0.25) is 19.2 Å². The van der Waals surface area contributed by atoms with Crippen molar-refractivity contribution in [2.75, 3.05) is 6.61 Å². The molecule has 2 saturated heterocycles. The number of epoxide rings is 1. The number of furan rings is 1. The molecule has 0 aromatic carbocycles. The second-order valence-corrected chi connectivity index (χ2v) is 14.7. The number of aliphatic hydroxyl groups excluding tert-OH is 2. The first kappa shape index (κ1) is 30.8. The van der Waals surface area contributed by atoms with E-state index in [4.69, 9.17) is 28.1 Å². The minimum Gasteiger partial charge on any atom is -0.472 e. The molecule has 0 radical (unpaired) electrons. The molecule has 246 valence electrons. The minimum atomic E-state index is -1.32. The Balaban J connectivity index is 1.42. The van der Waals surface area contributed by atoms with Crippen LogP contribution in [-0.2, 0) is 42.9 Å². The van der Waals surface area contributed by atoms with E-state index in [-0.39, 0.29) is 37.9 Å². The second-order valence-electron chi connectivity index (χ2n) is 14.7. The smallest absolute Gasteiger partial charge is 0.307 e. The molecule has 2 bridgehead atoms. The molecule has 6 fully saturated rings. The summed E-state index contributed by atoms with van der Waals surface area (Å²) in [4.78, 5) is 52.8. The molecule has 45 heavy (non-hydrogen) atoms. The van der Waals surface area contributed by atoms with Gasteiger partial charge in [-0.2, -0.15) is 0 Å². The van der Waals surface area contributed by atoms with E-state index in [0.29, 0.717) is 6.42 Å². The van der Waals surface area contributed by atoms with Crippen molar-refractivity contribution in [2.24, 2.45) is 33.5 Å². The zero-order chi connectivity index (χ0) is 32.5. The second kappa shape index (κ2) is 9.62. The molecule has 2 aliphatic heterocycles. The fourth-order valence-electron chi connectivity index (χ4n) is 11.3. The fourth-order valence-corrected chi connectivity index (χ4v) is 11.3. The first-order valence-corrected chi connectivity index (χ1v) is 15.9. The molecule has 1 aromatic heterocycles. The molecule has 4 saturated carbocycles. The SMILES string of the molecule is CCC(=O)O[C@H]1OC[C@@]23[C@H]4C(=O)[C@H](OC(C)=O)[C@@]5(C)[C@H](c6ccoc6)C[C@H]6O[C@]65[C@]4(C)[C@H](O)C[C@H]2[C@]1(C)[C@H](OC(C)=O)C[C@@H]3O. The highest BCUT2D eigenvalue weighted by Gasteiger charge is 2.92. The van der Waals surface area contributed by atoms with Crippen molar-refractivity contribution in [3.05, 3.63) is 24.2 Å².